The second kappa shape index (κ2) is 5.38. The molecule has 96 valence electrons. The van der Waals surface area contributed by atoms with Crippen LogP contribution in [0.15, 0.2) is 28.9 Å². The fraction of sp³-hybridized carbons (Fsp3) is 0.250. The predicted octanol–water partition coefficient (Wildman–Crippen LogP) is 3.51. The first-order valence-electron chi connectivity index (χ1n) is 5.47. The average molecular weight is 333 g/mol. The molecule has 18 heavy (non-hydrogen) atoms. The van der Waals surface area contributed by atoms with Crippen LogP contribution >= 0.6 is 27.5 Å². The van der Waals surface area contributed by atoms with E-state index >= 15 is 0 Å². The Morgan fingerprint density at radius 1 is 1.56 bits per heavy atom. The average Bonchev–Trinajstić information content (AvgIpc) is 2.70. The fourth-order valence-electron chi connectivity index (χ4n) is 1.88. The smallest absolute Gasteiger partial charge is 0.129 e. The van der Waals surface area contributed by atoms with Gasteiger partial charge in [-0.3, -0.25) is 4.68 Å². The van der Waals surface area contributed by atoms with Crippen LogP contribution in [0.1, 0.15) is 24.2 Å². The molecule has 1 aromatic heterocycles. The number of hydrogen-bond donors (Lipinski definition) is 1. The molecule has 0 aliphatic heterocycles. The summed E-state index contributed by atoms with van der Waals surface area (Å²) in [5.41, 5.74) is 7.12. The highest BCUT2D eigenvalue weighted by Crippen LogP contribution is 2.32. The molecule has 0 bridgehead atoms. The molecule has 0 aliphatic rings. The van der Waals surface area contributed by atoms with E-state index in [1.807, 2.05) is 6.92 Å². The van der Waals surface area contributed by atoms with Gasteiger partial charge in [-0.05, 0) is 19.1 Å². The first-order chi connectivity index (χ1) is 8.56. The summed E-state index contributed by atoms with van der Waals surface area (Å²) >= 11 is 9.38. The van der Waals surface area contributed by atoms with Crippen LogP contribution < -0.4 is 5.73 Å². The largest absolute Gasteiger partial charge is 0.319 e. The lowest BCUT2D eigenvalue weighted by Crippen LogP contribution is -2.19. The Labute approximate surface area is 118 Å². The highest BCUT2D eigenvalue weighted by atomic mass is 79.9. The molecule has 0 saturated carbocycles. The van der Waals surface area contributed by atoms with Gasteiger partial charge in [-0.1, -0.05) is 33.6 Å². The van der Waals surface area contributed by atoms with E-state index in [1.54, 1.807) is 16.8 Å². The molecular formula is C12H12BrClFN3. The van der Waals surface area contributed by atoms with Gasteiger partial charge >= 0.3 is 0 Å². The molecule has 1 aromatic carbocycles. The second-order valence-corrected chi connectivity index (χ2v) is 5.07. The number of rotatable bonds is 3. The molecule has 2 rings (SSSR count). The lowest BCUT2D eigenvalue weighted by Gasteiger charge is -2.16. The predicted molar refractivity (Wildman–Crippen MR) is 73.0 cm³/mol. The lowest BCUT2D eigenvalue weighted by molar-refractivity contribution is 0.566. The third-order valence-electron chi connectivity index (χ3n) is 2.74. The Kier molecular flexibility index (Phi) is 4.04. The van der Waals surface area contributed by atoms with Crippen molar-refractivity contribution in [3.8, 4) is 0 Å². The van der Waals surface area contributed by atoms with Crippen LogP contribution in [0.25, 0.3) is 0 Å². The first-order valence-corrected chi connectivity index (χ1v) is 6.64. The van der Waals surface area contributed by atoms with Crippen molar-refractivity contribution >= 4 is 27.5 Å². The van der Waals surface area contributed by atoms with Crippen molar-refractivity contribution in [2.24, 2.45) is 5.73 Å². The van der Waals surface area contributed by atoms with Gasteiger partial charge in [0.05, 0.1) is 23.0 Å². The zero-order valence-electron chi connectivity index (χ0n) is 9.70. The van der Waals surface area contributed by atoms with E-state index in [9.17, 15) is 4.39 Å². The van der Waals surface area contributed by atoms with Crippen molar-refractivity contribution in [2.45, 2.75) is 19.5 Å². The van der Waals surface area contributed by atoms with Gasteiger partial charge in [0.25, 0.3) is 0 Å². The van der Waals surface area contributed by atoms with E-state index in [-0.39, 0.29) is 5.82 Å². The zero-order valence-corrected chi connectivity index (χ0v) is 12.0. The van der Waals surface area contributed by atoms with E-state index in [0.717, 1.165) is 0 Å². The summed E-state index contributed by atoms with van der Waals surface area (Å²) in [4.78, 5) is 0. The summed E-state index contributed by atoms with van der Waals surface area (Å²) in [7, 11) is 0. The summed E-state index contributed by atoms with van der Waals surface area (Å²) in [6.45, 7) is 2.55. The van der Waals surface area contributed by atoms with Gasteiger partial charge in [0.1, 0.15) is 5.82 Å². The number of nitrogens with two attached hydrogens (primary N) is 1. The quantitative estimate of drug-likeness (QED) is 0.935. The van der Waals surface area contributed by atoms with E-state index in [2.05, 4.69) is 21.0 Å². The van der Waals surface area contributed by atoms with Gasteiger partial charge in [0, 0.05) is 16.6 Å². The summed E-state index contributed by atoms with van der Waals surface area (Å²) in [6.07, 6.45) is 1.52. The number of aryl methyl sites for hydroxylation is 1. The summed E-state index contributed by atoms with van der Waals surface area (Å²) in [6, 6.07) is 4.09. The normalized spacial score (nSPS) is 12.7. The zero-order chi connectivity index (χ0) is 13.3. The maximum absolute atomic E-state index is 13.9. The van der Waals surface area contributed by atoms with Gasteiger partial charge in [-0.2, -0.15) is 5.10 Å². The molecule has 0 spiro atoms. The monoisotopic (exact) mass is 331 g/mol. The third kappa shape index (κ3) is 2.30. The minimum atomic E-state index is -0.657. The number of hydrogen-bond acceptors (Lipinski definition) is 2. The highest BCUT2D eigenvalue weighted by molar-refractivity contribution is 9.10. The molecule has 1 atom stereocenters. The Morgan fingerprint density at radius 2 is 2.28 bits per heavy atom. The molecule has 0 radical (unpaired) electrons. The van der Waals surface area contributed by atoms with Crippen LogP contribution in [0.4, 0.5) is 4.39 Å². The molecule has 1 heterocycles. The Morgan fingerprint density at radius 3 is 2.89 bits per heavy atom. The molecular weight excluding hydrogens is 321 g/mol. The molecule has 0 fully saturated rings. The molecule has 6 heteroatoms. The minimum Gasteiger partial charge on any atom is -0.319 e. The Bertz CT molecular complexity index is 550. The van der Waals surface area contributed by atoms with Gasteiger partial charge in [0.2, 0.25) is 0 Å². The third-order valence-corrected chi connectivity index (χ3v) is 3.72. The van der Waals surface area contributed by atoms with Crippen LogP contribution in [0.5, 0.6) is 0 Å². The Balaban J connectivity index is 2.54. The molecule has 2 aromatic rings. The van der Waals surface area contributed by atoms with Crippen LogP contribution in [-0.2, 0) is 6.54 Å². The van der Waals surface area contributed by atoms with Gasteiger partial charge in [-0.15, -0.1) is 0 Å². The van der Waals surface area contributed by atoms with Crippen molar-refractivity contribution < 1.29 is 4.39 Å². The van der Waals surface area contributed by atoms with Crippen LogP contribution in [0.3, 0.4) is 0 Å². The molecule has 0 saturated heterocycles. The van der Waals surface area contributed by atoms with Crippen molar-refractivity contribution in [1.82, 2.24) is 9.78 Å². The fourth-order valence-corrected chi connectivity index (χ4v) is 2.73. The number of benzene rings is 1. The standard InChI is InChI=1S/C12H12BrClFN3/c1-2-18-12(8(14)6-17-18)11(16)10-7(13)4-3-5-9(10)15/h3-6,11H,2,16H2,1H3. The summed E-state index contributed by atoms with van der Waals surface area (Å²) in [5, 5.41) is 4.55. The van der Waals surface area contributed by atoms with E-state index in [4.69, 9.17) is 17.3 Å². The lowest BCUT2D eigenvalue weighted by atomic mass is 10.0. The number of aromatic nitrogens is 2. The molecule has 0 amide bonds. The molecule has 1 unspecified atom stereocenters. The van der Waals surface area contributed by atoms with E-state index in [1.165, 1.54) is 12.3 Å². The minimum absolute atomic E-state index is 0.364. The highest BCUT2D eigenvalue weighted by Gasteiger charge is 2.22. The molecule has 3 nitrogen and oxygen atoms in total. The number of halogens is 3. The van der Waals surface area contributed by atoms with Crippen molar-refractivity contribution in [3.63, 3.8) is 0 Å². The maximum atomic E-state index is 13.9. The van der Waals surface area contributed by atoms with Gasteiger partial charge in [-0.25, -0.2) is 4.39 Å². The SMILES string of the molecule is CCn1ncc(Cl)c1C(N)c1c(F)cccc1Br. The Hall–Kier alpha value is -0.910. The van der Waals surface area contributed by atoms with Gasteiger partial charge < -0.3 is 5.73 Å². The topological polar surface area (TPSA) is 43.8 Å². The first kappa shape index (κ1) is 13.5. The maximum Gasteiger partial charge on any atom is 0.129 e. The van der Waals surface area contributed by atoms with E-state index in [0.29, 0.717) is 27.3 Å². The summed E-state index contributed by atoms with van der Waals surface area (Å²) in [5.74, 6) is -0.364. The van der Waals surface area contributed by atoms with Gasteiger partial charge in [0.15, 0.2) is 0 Å². The van der Waals surface area contributed by atoms with Crippen LogP contribution in [0.2, 0.25) is 5.02 Å². The van der Waals surface area contributed by atoms with Crippen LogP contribution in [-0.4, -0.2) is 9.78 Å². The van der Waals surface area contributed by atoms with E-state index < -0.39 is 6.04 Å². The van der Waals surface area contributed by atoms with Crippen molar-refractivity contribution in [1.29, 1.82) is 0 Å². The van der Waals surface area contributed by atoms with Crippen molar-refractivity contribution in [3.05, 3.63) is 51.0 Å². The second-order valence-electron chi connectivity index (χ2n) is 3.81. The van der Waals surface area contributed by atoms with Crippen molar-refractivity contribution in [2.75, 3.05) is 0 Å². The summed E-state index contributed by atoms with van der Waals surface area (Å²) < 4.78 is 16.2. The molecule has 2 N–H and O–H groups in total. The van der Waals surface area contributed by atoms with Crippen LogP contribution in [0, 0.1) is 5.82 Å². The molecule has 0 aliphatic carbocycles. The number of nitrogens with zero attached hydrogens (tertiary/aromatic N) is 2.